The van der Waals surface area contributed by atoms with E-state index in [0.717, 1.165) is 12.3 Å². The molecule has 6 nitrogen and oxygen atoms in total. The van der Waals surface area contributed by atoms with Gasteiger partial charge in [-0.25, -0.2) is 19.3 Å². The molecule has 0 aliphatic carbocycles. The highest BCUT2D eigenvalue weighted by Crippen LogP contribution is 2.30. The summed E-state index contributed by atoms with van der Waals surface area (Å²) in [5, 5.41) is 3.13. The summed E-state index contributed by atoms with van der Waals surface area (Å²) in [5.41, 5.74) is -0.639. The number of alkyl halides is 3. The van der Waals surface area contributed by atoms with E-state index in [0.29, 0.717) is 25.2 Å². The summed E-state index contributed by atoms with van der Waals surface area (Å²) in [4.78, 5) is 27.1. The number of carbonyl (C=O) groups excluding carboxylic acids is 1. The molecule has 1 N–H and O–H groups in total. The SMILES string of the molecule is C[C@H]1[C@H](Nc2ccc(C(F)(F)F)cn2)CCCN1C(=O)c1cccc(F)c1-c1ncccn1. The Balaban J connectivity index is 1.56. The molecule has 0 saturated carbocycles. The number of piperidine rings is 1. The van der Waals surface area contributed by atoms with Gasteiger partial charge >= 0.3 is 6.18 Å². The zero-order valence-electron chi connectivity index (χ0n) is 17.7. The molecular formula is C23H21F4N5O. The molecule has 1 aromatic carbocycles. The van der Waals surface area contributed by atoms with Crippen LogP contribution in [0.15, 0.2) is 55.0 Å². The van der Waals surface area contributed by atoms with E-state index in [9.17, 15) is 22.4 Å². The predicted molar refractivity (Wildman–Crippen MR) is 114 cm³/mol. The highest BCUT2D eigenvalue weighted by atomic mass is 19.4. The molecule has 2 aromatic heterocycles. The molecule has 0 bridgehead atoms. The molecule has 3 heterocycles. The number of rotatable bonds is 4. The van der Waals surface area contributed by atoms with Crippen molar-refractivity contribution >= 4 is 11.7 Å². The Morgan fingerprint density at radius 3 is 2.52 bits per heavy atom. The van der Waals surface area contributed by atoms with Crippen molar-refractivity contribution in [3.05, 3.63) is 71.9 Å². The van der Waals surface area contributed by atoms with Gasteiger partial charge in [0.15, 0.2) is 5.82 Å². The van der Waals surface area contributed by atoms with Gasteiger partial charge in [0.2, 0.25) is 0 Å². The predicted octanol–water partition coefficient (Wildman–Crippen LogP) is 4.80. The molecule has 0 unspecified atom stereocenters. The van der Waals surface area contributed by atoms with Crippen LogP contribution in [0.3, 0.4) is 0 Å². The van der Waals surface area contributed by atoms with E-state index in [1.54, 1.807) is 11.0 Å². The average Bonchev–Trinajstić information content (AvgIpc) is 2.80. The minimum absolute atomic E-state index is 0.0368. The number of amides is 1. The maximum absolute atomic E-state index is 14.7. The van der Waals surface area contributed by atoms with Crippen LogP contribution < -0.4 is 5.32 Å². The number of likely N-dealkylation sites (tertiary alicyclic amines) is 1. The third-order valence-electron chi connectivity index (χ3n) is 5.71. The number of hydrogen-bond acceptors (Lipinski definition) is 5. The first kappa shape index (κ1) is 22.6. The summed E-state index contributed by atoms with van der Waals surface area (Å²) < 4.78 is 53.0. The highest BCUT2D eigenvalue weighted by Gasteiger charge is 2.34. The number of nitrogens with one attached hydrogen (secondary N) is 1. The molecule has 1 aliphatic heterocycles. The molecule has 0 spiro atoms. The van der Waals surface area contributed by atoms with Gasteiger partial charge in [0.05, 0.1) is 16.7 Å². The van der Waals surface area contributed by atoms with Gasteiger partial charge in [-0.15, -0.1) is 0 Å². The van der Waals surface area contributed by atoms with Crippen molar-refractivity contribution in [3.8, 4) is 11.4 Å². The number of halogens is 4. The minimum atomic E-state index is -4.46. The van der Waals surface area contributed by atoms with E-state index in [-0.39, 0.29) is 34.9 Å². The van der Waals surface area contributed by atoms with Crippen LogP contribution in [0, 0.1) is 5.82 Å². The number of carbonyl (C=O) groups is 1. The van der Waals surface area contributed by atoms with Crippen molar-refractivity contribution in [3.63, 3.8) is 0 Å². The summed E-state index contributed by atoms with van der Waals surface area (Å²) >= 11 is 0. The second kappa shape index (κ2) is 9.13. The molecule has 1 amide bonds. The van der Waals surface area contributed by atoms with Crippen LogP contribution in [0.2, 0.25) is 0 Å². The molecule has 172 valence electrons. The summed E-state index contributed by atoms with van der Waals surface area (Å²) in [5.74, 6) is -0.554. The minimum Gasteiger partial charge on any atom is -0.365 e. The third kappa shape index (κ3) is 4.79. The summed E-state index contributed by atoms with van der Waals surface area (Å²) in [6, 6.07) is 7.54. The van der Waals surface area contributed by atoms with Crippen LogP contribution in [0.1, 0.15) is 35.7 Å². The lowest BCUT2D eigenvalue weighted by Gasteiger charge is -2.40. The number of anilines is 1. The third-order valence-corrected chi connectivity index (χ3v) is 5.71. The van der Waals surface area contributed by atoms with Crippen molar-refractivity contribution in [1.29, 1.82) is 0 Å². The van der Waals surface area contributed by atoms with Crippen LogP contribution in [0.25, 0.3) is 11.4 Å². The fraction of sp³-hybridized carbons (Fsp3) is 0.304. The lowest BCUT2D eigenvalue weighted by molar-refractivity contribution is -0.137. The van der Waals surface area contributed by atoms with E-state index in [2.05, 4.69) is 20.3 Å². The lowest BCUT2D eigenvalue weighted by Crippen LogP contribution is -2.52. The van der Waals surface area contributed by atoms with Gasteiger partial charge < -0.3 is 10.2 Å². The smallest absolute Gasteiger partial charge is 0.365 e. The first-order chi connectivity index (χ1) is 15.8. The Bertz CT molecular complexity index is 1120. The van der Waals surface area contributed by atoms with Gasteiger partial charge in [-0.3, -0.25) is 4.79 Å². The van der Waals surface area contributed by atoms with E-state index in [1.807, 2.05) is 6.92 Å². The second-order valence-corrected chi connectivity index (χ2v) is 7.80. The topological polar surface area (TPSA) is 71.0 Å². The van der Waals surface area contributed by atoms with Gasteiger partial charge in [-0.2, -0.15) is 13.2 Å². The first-order valence-electron chi connectivity index (χ1n) is 10.4. The highest BCUT2D eigenvalue weighted by molar-refractivity contribution is 6.00. The number of nitrogens with zero attached hydrogens (tertiary/aromatic N) is 4. The van der Waals surface area contributed by atoms with Crippen LogP contribution in [-0.2, 0) is 6.18 Å². The Morgan fingerprint density at radius 2 is 1.85 bits per heavy atom. The van der Waals surface area contributed by atoms with E-state index in [1.165, 1.54) is 36.7 Å². The van der Waals surface area contributed by atoms with Crippen molar-refractivity contribution in [2.75, 3.05) is 11.9 Å². The van der Waals surface area contributed by atoms with Gasteiger partial charge in [0.25, 0.3) is 5.91 Å². The quantitative estimate of drug-likeness (QED) is 0.568. The summed E-state index contributed by atoms with van der Waals surface area (Å²) in [7, 11) is 0. The van der Waals surface area contributed by atoms with Crippen LogP contribution in [0.4, 0.5) is 23.4 Å². The van der Waals surface area contributed by atoms with Crippen molar-refractivity contribution < 1.29 is 22.4 Å². The molecular weight excluding hydrogens is 438 g/mol. The first-order valence-corrected chi connectivity index (χ1v) is 10.4. The Kier molecular flexibility index (Phi) is 6.26. The molecule has 4 rings (SSSR count). The summed E-state index contributed by atoms with van der Waals surface area (Å²) in [6.45, 7) is 2.31. The molecule has 1 fully saturated rings. The molecule has 1 aliphatic rings. The van der Waals surface area contributed by atoms with Crippen molar-refractivity contribution in [2.45, 2.75) is 38.0 Å². The standard InChI is InChI=1S/C23H21F4N5O/c1-14-18(31-19-9-8-15(13-30-19)23(25,26)27)7-3-12-32(14)22(33)16-5-2-6-17(24)20(16)21-28-10-4-11-29-21/h2,4-6,8-11,13-14,18H,3,7,12H2,1H3,(H,30,31)/t14-,18+/m0/s1. The van der Waals surface area contributed by atoms with Gasteiger partial charge in [0.1, 0.15) is 11.6 Å². The number of hydrogen-bond donors (Lipinski definition) is 1. The van der Waals surface area contributed by atoms with E-state index < -0.39 is 17.6 Å². The van der Waals surface area contributed by atoms with E-state index in [4.69, 9.17) is 0 Å². The maximum Gasteiger partial charge on any atom is 0.417 e. The number of benzene rings is 1. The maximum atomic E-state index is 14.7. The van der Waals surface area contributed by atoms with Crippen LogP contribution in [-0.4, -0.2) is 44.4 Å². The second-order valence-electron chi connectivity index (χ2n) is 7.80. The van der Waals surface area contributed by atoms with Crippen molar-refractivity contribution in [2.24, 2.45) is 0 Å². The Hall–Kier alpha value is -3.56. The van der Waals surface area contributed by atoms with Gasteiger partial charge in [-0.1, -0.05) is 6.07 Å². The Morgan fingerprint density at radius 1 is 1.09 bits per heavy atom. The molecule has 2 atom stereocenters. The molecule has 1 saturated heterocycles. The molecule has 33 heavy (non-hydrogen) atoms. The molecule has 0 radical (unpaired) electrons. The zero-order valence-corrected chi connectivity index (χ0v) is 17.7. The average molecular weight is 459 g/mol. The zero-order chi connectivity index (χ0) is 23.6. The molecule has 3 aromatic rings. The van der Waals surface area contributed by atoms with Gasteiger partial charge in [0, 0.05) is 37.2 Å². The van der Waals surface area contributed by atoms with E-state index >= 15 is 0 Å². The lowest BCUT2D eigenvalue weighted by atomic mass is 9.95. The van der Waals surface area contributed by atoms with Gasteiger partial charge in [-0.05, 0) is 50.1 Å². The summed E-state index contributed by atoms with van der Waals surface area (Å²) in [6.07, 6.45) is 0.634. The fourth-order valence-corrected chi connectivity index (χ4v) is 3.97. The monoisotopic (exact) mass is 459 g/mol. The normalized spacial score (nSPS) is 18.8. The largest absolute Gasteiger partial charge is 0.417 e. The number of aromatic nitrogens is 3. The Labute approximate surface area is 187 Å². The van der Waals surface area contributed by atoms with Crippen LogP contribution in [0.5, 0.6) is 0 Å². The number of pyridine rings is 1. The fourth-order valence-electron chi connectivity index (χ4n) is 3.97. The van der Waals surface area contributed by atoms with Crippen LogP contribution >= 0.6 is 0 Å². The molecule has 10 heteroatoms. The van der Waals surface area contributed by atoms with Crippen molar-refractivity contribution in [1.82, 2.24) is 19.9 Å².